The molecule has 1 fully saturated rings. The molecular formula is C13H28N2O2S. The monoisotopic (exact) mass is 276 g/mol. The fourth-order valence-corrected chi connectivity index (χ4v) is 4.18. The Bertz CT molecular complexity index is 339. The van der Waals surface area contributed by atoms with Crippen LogP contribution >= 0.6 is 0 Å². The summed E-state index contributed by atoms with van der Waals surface area (Å²) >= 11 is 0. The molecule has 5 heteroatoms. The molecule has 1 aliphatic rings. The van der Waals surface area contributed by atoms with Crippen LogP contribution < -0.4 is 5.32 Å². The third kappa shape index (κ3) is 5.67. The number of nitrogens with zero attached hydrogens (tertiary/aromatic N) is 1. The highest BCUT2D eigenvalue weighted by atomic mass is 32.2. The molecule has 0 aliphatic carbocycles. The number of nitrogens with one attached hydrogen (secondary N) is 1. The highest BCUT2D eigenvalue weighted by Gasteiger charge is 2.25. The van der Waals surface area contributed by atoms with E-state index in [1.54, 1.807) is 0 Å². The second kappa shape index (κ2) is 6.87. The standard InChI is InChI=1S/C13H28N2O2S/c1-11(2)8-13(15(3)4)9-14-12-6-5-7-18(16,17)10-12/h11-14H,5-10H2,1-4H3. The summed E-state index contributed by atoms with van der Waals surface area (Å²) in [6.07, 6.45) is 2.93. The lowest BCUT2D eigenvalue weighted by atomic mass is 10.0. The Hall–Kier alpha value is -0.130. The third-order valence-corrected chi connectivity index (χ3v) is 5.40. The smallest absolute Gasteiger partial charge is 0.151 e. The molecule has 1 heterocycles. The van der Waals surface area contributed by atoms with Crippen molar-refractivity contribution in [3.63, 3.8) is 0 Å². The van der Waals surface area contributed by atoms with Crippen LogP contribution in [0.2, 0.25) is 0 Å². The Kier molecular flexibility index (Phi) is 6.08. The van der Waals surface area contributed by atoms with E-state index in [4.69, 9.17) is 0 Å². The van der Waals surface area contributed by atoms with Gasteiger partial charge in [0.25, 0.3) is 0 Å². The number of likely N-dealkylation sites (N-methyl/N-ethyl adjacent to an activating group) is 1. The average molecular weight is 276 g/mol. The van der Waals surface area contributed by atoms with E-state index >= 15 is 0 Å². The lowest BCUT2D eigenvalue weighted by Crippen LogP contribution is -2.46. The molecule has 1 rings (SSSR count). The van der Waals surface area contributed by atoms with Crippen LogP contribution in [0, 0.1) is 5.92 Å². The van der Waals surface area contributed by atoms with Gasteiger partial charge in [0, 0.05) is 18.6 Å². The van der Waals surface area contributed by atoms with Crippen molar-refractivity contribution >= 4 is 9.84 Å². The van der Waals surface area contributed by atoms with Crippen LogP contribution in [0.15, 0.2) is 0 Å². The van der Waals surface area contributed by atoms with Gasteiger partial charge in [-0.2, -0.15) is 0 Å². The average Bonchev–Trinajstić information content (AvgIpc) is 2.22. The fourth-order valence-electron chi connectivity index (χ4n) is 2.51. The minimum Gasteiger partial charge on any atom is -0.311 e. The lowest BCUT2D eigenvalue weighted by Gasteiger charge is -2.30. The van der Waals surface area contributed by atoms with Crippen molar-refractivity contribution in [1.82, 2.24) is 10.2 Å². The maximum absolute atomic E-state index is 11.6. The van der Waals surface area contributed by atoms with Crippen molar-refractivity contribution in [3.05, 3.63) is 0 Å². The van der Waals surface area contributed by atoms with Crippen LogP contribution in [-0.2, 0) is 9.84 Å². The molecule has 1 N–H and O–H groups in total. The van der Waals surface area contributed by atoms with Crippen molar-refractivity contribution < 1.29 is 8.42 Å². The highest BCUT2D eigenvalue weighted by molar-refractivity contribution is 7.91. The molecule has 0 bridgehead atoms. The number of rotatable bonds is 6. The van der Waals surface area contributed by atoms with Gasteiger partial charge in [-0.3, -0.25) is 0 Å². The first-order valence-corrected chi connectivity index (χ1v) is 8.72. The molecule has 0 radical (unpaired) electrons. The van der Waals surface area contributed by atoms with Crippen LogP contribution in [0.3, 0.4) is 0 Å². The first-order chi connectivity index (χ1) is 8.30. The molecule has 0 amide bonds. The van der Waals surface area contributed by atoms with Crippen LogP contribution in [-0.4, -0.2) is 57.5 Å². The summed E-state index contributed by atoms with van der Waals surface area (Å²) in [6, 6.07) is 0.632. The second-order valence-electron chi connectivity index (χ2n) is 6.11. The maximum Gasteiger partial charge on any atom is 0.151 e. The molecule has 2 atom stereocenters. The second-order valence-corrected chi connectivity index (χ2v) is 8.34. The highest BCUT2D eigenvalue weighted by Crippen LogP contribution is 2.13. The van der Waals surface area contributed by atoms with Crippen molar-refractivity contribution in [1.29, 1.82) is 0 Å². The van der Waals surface area contributed by atoms with Gasteiger partial charge < -0.3 is 10.2 Å². The Morgan fingerprint density at radius 2 is 2.00 bits per heavy atom. The SMILES string of the molecule is CC(C)CC(CNC1CCCS(=O)(=O)C1)N(C)C. The van der Waals surface area contributed by atoms with Gasteiger partial charge >= 0.3 is 0 Å². The van der Waals surface area contributed by atoms with Crippen molar-refractivity contribution in [2.24, 2.45) is 5.92 Å². The minimum absolute atomic E-state index is 0.151. The van der Waals surface area contributed by atoms with Crippen LogP contribution in [0.5, 0.6) is 0 Å². The first kappa shape index (κ1) is 15.9. The van der Waals surface area contributed by atoms with Crippen molar-refractivity contribution in [2.45, 2.75) is 45.2 Å². The summed E-state index contributed by atoms with van der Waals surface area (Å²) in [5, 5.41) is 3.44. The van der Waals surface area contributed by atoms with Gasteiger partial charge in [-0.25, -0.2) is 8.42 Å². The molecule has 0 aromatic heterocycles. The zero-order chi connectivity index (χ0) is 13.8. The van der Waals surface area contributed by atoms with Gasteiger partial charge in [0.1, 0.15) is 0 Å². The van der Waals surface area contributed by atoms with E-state index in [2.05, 4.69) is 38.2 Å². The quantitative estimate of drug-likeness (QED) is 0.790. The number of hydrogen-bond donors (Lipinski definition) is 1. The predicted molar refractivity (Wildman–Crippen MR) is 76.6 cm³/mol. The molecule has 0 saturated carbocycles. The van der Waals surface area contributed by atoms with Gasteiger partial charge in [-0.1, -0.05) is 13.8 Å². The number of hydrogen-bond acceptors (Lipinski definition) is 4. The topological polar surface area (TPSA) is 49.4 Å². The normalized spacial score (nSPS) is 25.6. The molecule has 108 valence electrons. The molecule has 0 aromatic carbocycles. The fraction of sp³-hybridized carbons (Fsp3) is 1.00. The molecule has 0 aromatic rings. The van der Waals surface area contributed by atoms with E-state index in [9.17, 15) is 8.42 Å². The summed E-state index contributed by atoms with van der Waals surface area (Å²) in [4.78, 5) is 2.23. The van der Waals surface area contributed by atoms with E-state index in [-0.39, 0.29) is 6.04 Å². The van der Waals surface area contributed by atoms with Gasteiger partial charge in [-0.15, -0.1) is 0 Å². The molecule has 18 heavy (non-hydrogen) atoms. The van der Waals surface area contributed by atoms with Crippen LogP contribution in [0.1, 0.15) is 33.1 Å². The summed E-state index contributed by atoms with van der Waals surface area (Å²) in [7, 11) is 1.38. The summed E-state index contributed by atoms with van der Waals surface area (Å²) in [5.74, 6) is 1.35. The van der Waals surface area contributed by atoms with E-state index in [0.29, 0.717) is 23.5 Å². The Morgan fingerprint density at radius 3 is 2.50 bits per heavy atom. The van der Waals surface area contributed by atoms with Gasteiger partial charge in [-0.05, 0) is 39.3 Å². The van der Waals surface area contributed by atoms with Gasteiger partial charge in [0.2, 0.25) is 0 Å². The molecule has 1 aliphatic heterocycles. The zero-order valence-electron chi connectivity index (χ0n) is 12.1. The van der Waals surface area contributed by atoms with Crippen molar-refractivity contribution in [2.75, 3.05) is 32.1 Å². The Morgan fingerprint density at radius 1 is 1.33 bits per heavy atom. The summed E-state index contributed by atoms with van der Waals surface area (Å²) < 4.78 is 23.1. The largest absolute Gasteiger partial charge is 0.311 e. The Balaban J connectivity index is 2.42. The summed E-state index contributed by atoms with van der Waals surface area (Å²) in [6.45, 7) is 5.33. The predicted octanol–water partition coefficient (Wildman–Crippen LogP) is 1.13. The Labute approximate surface area is 112 Å². The molecule has 1 saturated heterocycles. The first-order valence-electron chi connectivity index (χ1n) is 6.90. The van der Waals surface area contributed by atoms with E-state index in [1.165, 1.54) is 0 Å². The molecule has 4 nitrogen and oxygen atoms in total. The van der Waals surface area contributed by atoms with E-state index in [0.717, 1.165) is 25.8 Å². The van der Waals surface area contributed by atoms with E-state index in [1.807, 2.05) is 0 Å². The van der Waals surface area contributed by atoms with Gasteiger partial charge in [0.15, 0.2) is 9.84 Å². The van der Waals surface area contributed by atoms with Crippen molar-refractivity contribution in [3.8, 4) is 0 Å². The number of sulfone groups is 1. The lowest BCUT2D eigenvalue weighted by molar-refractivity contribution is 0.240. The maximum atomic E-state index is 11.6. The van der Waals surface area contributed by atoms with Crippen LogP contribution in [0.4, 0.5) is 0 Å². The van der Waals surface area contributed by atoms with Crippen LogP contribution in [0.25, 0.3) is 0 Å². The van der Waals surface area contributed by atoms with E-state index < -0.39 is 9.84 Å². The molecular weight excluding hydrogens is 248 g/mol. The molecule has 2 unspecified atom stereocenters. The van der Waals surface area contributed by atoms with Gasteiger partial charge in [0.05, 0.1) is 11.5 Å². The summed E-state index contributed by atoms with van der Waals surface area (Å²) in [5.41, 5.74) is 0. The zero-order valence-corrected chi connectivity index (χ0v) is 13.0. The minimum atomic E-state index is -2.80. The third-order valence-electron chi connectivity index (χ3n) is 3.58. The molecule has 0 spiro atoms.